The number of nitrogens with one attached hydrogen (secondary N) is 1. The van der Waals surface area contributed by atoms with Crippen molar-refractivity contribution in [2.45, 2.75) is 38.7 Å². The highest BCUT2D eigenvalue weighted by Gasteiger charge is 2.27. The molecule has 0 bridgehead atoms. The van der Waals surface area contributed by atoms with Crippen molar-refractivity contribution in [2.75, 3.05) is 6.54 Å². The van der Waals surface area contributed by atoms with E-state index in [0.717, 1.165) is 53.4 Å². The van der Waals surface area contributed by atoms with Gasteiger partial charge in [0.05, 0.1) is 11.1 Å². The number of hydrogen-bond donors (Lipinski definition) is 1. The van der Waals surface area contributed by atoms with Crippen molar-refractivity contribution in [3.8, 4) is 0 Å². The van der Waals surface area contributed by atoms with Crippen LogP contribution < -0.4 is 5.32 Å². The minimum atomic E-state index is -0.859. The van der Waals surface area contributed by atoms with E-state index in [-0.39, 0.29) is 5.91 Å². The van der Waals surface area contributed by atoms with Gasteiger partial charge < -0.3 is 10.1 Å². The van der Waals surface area contributed by atoms with E-state index in [4.69, 9.17) is 9.72 Å². The SMILES string of the molecule is C[C@H](OC(=O)c1c2c(nc3ccccc13)CCC2)C(=O)NCCc1ccccc1. The van der Waals surface area contributed by atoms with Crippen LogP contribution in [0.1, 0.15) is 40.5 Å². The maximum absolute atomic E-state index is 13.0. The lowest BCUT2D eigenvalue weighted by molar-refractivity contribution is -0.129. The molecule has 0 unspecified atom stereocenters. The molecule has 1 aliphatic rings. The van der Waals surface area contributed by atoms with Gasteiger partial charge in [0.25, 0.3) is 5.91 Å². The van der Waals surface area contributed by atoms with Crippen molar-refractivity contribution in [1.82, 2.24) is 10.3 Å². The Labute approximate surface area is 170 Å². The Kier molecular flexibility index (Phi) is 5.56. The molecule has 1 N–H and O–H groups in total. The first-order chi connectivity index (χ1) is 14.1. The smallest absolute Gasteiger partial charge is 0.339 e. The zero-order valence-electron chi connectivity index (χ0n) is 16.5. The molecule has 1 heterocycles. The lowest BCUT2D eigenvalue weighted by atomic mass is 10.0. The summed E-state index contributed by atoms with van der Waals surface area (Å²) in [6, 6.07) is 17.5. The van der Waals surface area contributed by atoms with Gasteiger partial charge in [-0.25, -0.2) is 4.79 Å². The number of esters is 1. The predicted molar refractivity (Wildman–Crippen MR) is 112 cm³/mol. The van der Waals surface area contributed by atoms with Gasteiger partial charge >= 0.3 is 5.97 Å². The molecule has 0 fully saturated rings. The number of carbonyl (C=O) groups is 2. The fourth-order valence-electron chi connectivity index (χ4n) is 3.84. The maximum atomic E-state index is 13.0. The molecule has 1 atom stereocenters. The zero-order chi connectivity index (χ0) is 20.2. The Morgan fingerprint density at radius 2 is 1.83 bits per heavy atom. The molecule has 0 aliphatic heterocycles. The lowest BCUT2D eigenvalue weighted by Gasteiger charge is -2.16. The molecule has 5 nitrogen and oxygen atoms in total. The molecule has 1 aliphatic carbocycles. The standard InChI is InChI=1S/C24H24N2O3/c1-16(23(27)25-15-14-17-8-3-2-4-9-17)29-24(28)22-18-10-5-6-12-20(18)26-21-13-7-11-19(21)22/h2-6,8-10,12,16H,7,11,13-15H2,1H3,(H,25,27)/t16-/m0/s1. The second-order valence-electron chi connectivity index (χ2n) is 7.36. The van der Waals surface area contributed by atoms with Crippen LogP contribution in [0.25, 0.3) is 10.9 Å². The van der Waals surface area contributed by atoms with Gasteiger partial charge in [0, 0.05) is 17.6 Å². The number of pyridine rings is 1. The third-order valence-corrected chi connectivity index (χ3v) is 5.33. The predicted octanol–water partition coefficient (Wildman–Crippen LogP) is 3.63. The van der Waals surface area contributed by atoms with Crippen molar-refractivity contribution < 1.29 is 14.3 Å². The third kappa shape index (κ3) is 4.14. The first kappa shape index (κ1) is 19.1. The third-order valence-electron chi connectivity index (χ3n) is 5.33. The van der Waals surface area contributed by atoms with Crippen molar-refractivity contribution in [3.05, 3.63) is 77.0 Å². The highest BCUT2D eigenvalue weighted by molar-refractivity contribution is 6.05. The van der Waals surface area contributed by atoms with Crippen LogP contribution >= 0.6 is 0 Å². The number of nitrogens with zero attached hydrogens (tertiary/aromatic N) is 1. The maximum Gasteiger partial charge on any atom is 0.339 e. The number of fused-ring (bicyclic) bond motifs is 2. The topological polar surface area (TPSA) is 68.3 Å². The number of benzene rings is 2. The molecule has 2 aromatic carbocycles. The van der Waals surface area contributed by atoms with Crippen LogP contribution in [0.4, 0.5) is 0 Å². The Hall–Kier alpha value is -3.21. The summed E-state index contributed by atoms with van der Waals surface area (Å²) in [6.45, 7) is 2.11. The largest absolute Gasteiger partial charge is 0.449 e. The Bertz CT molecular complexity index is 1050. The average Bonchev–Trinajstić information content (AvgIpc) is 3.20. The summed E-state index contributed by atoms with van der Waals surface area (Å²) in [4.78, 5) is 30.1. The van der Waals surface area contributed by atoms with E-state index in [1.54, 1.807) is 6.92 Å². The van der Waals surface area contributed by atoms with Crippen LogP contribution in [0.15, 0.2) is 54.6 Å². The molecule has 1 aromatic heterocycles. The van der Waals surface area contributed by atoms with E-state index < -0.39 is 12.1 Å². The number of aromatic nitrogens is 1. The molecule has 148 valence electrons. The first-order valence-electron chi connectivity index (χ1n) is 10.1. The highest BCUT2D eigenvalue weighted by Crippen LogP contribution is 2.30. The quantitative estimate of drug-likeness (QED) is 0.655. The number of carbonyl (C=O) groups excluding carboxylic acids is 2. The summed E-state index contributed by atoms with van der Waals surface area (Å²) in [5, 5.41) is 3.64. The Morgan fingerprint density at radius 3 is 2.66 bits per heavy atom. The number of para-hydroxylation sites is 1. The van der Waals surface area contributed by atoms with Gasteiger partial charge in [-0.1, -0.05) is 48.5 Å². The molecular formula is C24H24N2O3. The summed E-state index contributed by atoms with van der Waals surface area (Å²) < 4.78 is 5.56. The van der Waals surface area contributed by atoms with Crippen molar-refractivity contribution in [3.63, 3.8) is 0 Å². The number of rotatable bonds is 6. The van der Waals surface area contributed by atoms with Gasteiger partial charge in [0.1, 0.15) is 0 Å². The molecule has 5 heteroatoms. The number of amides is 1. The second kappa shape index (κ2) is 8.43. The Balaban J connectivity index is 1.44. The molecule has 1 amide bonds. The summed E-state index contributed by atoms with van der Waals surface area (Å²) in [6.07, 6.45) is 2.54. The molecule has 0 spiro atoms. The molecule has 0 saturated heterocycles. The molecule has 3 aromatic rings. The van der Waals surface area contributed by atoms with Crippen LogP contribution in [0.3, 0.4) is 0 Å². The summed E-state index contributed by atoms with van der Waals surface area (Å²) >= 11 is 0. The summed E-state index contributed by atoms with van der Waals surface area (Å²) in [5.41, 5.74) is 4.43. The van der Waals surface area contributed by atoms with E-state index in [2.05, 4.69) is 5.32 Å². The van der Waals surface area contributed by atoms with Gasteiger partial charge in [0.15, 0.2) is 6.10 Å². The van der Waals surface area contributed by atoms with Crippen molar-refractivity contribution >= 4 is 22.8 Å². The highest BCUT2D eigenvalue weighted by atomic mass is 16.5. The molecular weight excluding hydrogens is 364 g/mol. The van der Waals surface area contributed by atoms with Crippen LogP contribution in [0, 0.1) is 0 Å². The van der Waals surface area contributed by atoms with E-state index in [0.29, 0.717) is 12.1 Å². The average molecular weight is 388 g/mol. The van der Waals surface area contributed by atoms with Crippen LogP contribution in [-0.4, -0.2) is 29.5 Å². The summed E-state index contributed by atoms with van der Waals surface area (Å²) in [7, 11) is 0. The fourth-order valence-corrected chi connectivity index (χ4v) is 3.84. The normalized spacial score (nSPS) is 13.7. The van der Waals surface area contributed by atoms with Gasteiger partial charge in [-0.15, -0.1) is 0 Å². The number of hydrogen-bond acceptors (Lipinski definition) is 4. The fraction of sp³-hybridized carbons (Fsp3) is 0.292. The van der Waals surface area contributed by atoms with Gasteiger partial charge in [-0.2, -0.15) is 0 Å². The minimum absolute atomic E-state index is 0.288. The van der Waals surface area contributed by atoms with Gasteiger partial charge in [-0.3, -0.25) is 9.78 Å². The zero-order valence-corrected chi connectivity index (χ0v) is 16.5. The Morgan fingerprint density at radius 1 is 1.07 bits per heavy atom. The van der Waals surface area contributed by atoms with Gasteiger partial charge in [-0.05, 0) is 49.8 Å². The lowest BCUT2D eigenvalue weighted by Crippen LogP contribution is -2.37. The van der Waals surface area contributed by atoms with Crippen LogP contribution in [-0.2, 0) is 28.8 Å². The van der Waals surface area contributed by atoms with Crippen LogP contribution in [0.5, 0.6) is 0 Å². The molecule has 4 rings (SSSR count). The van der Waals surface area contributed by atoms with E-state index >= 15 is 0 Å². The summed E-state index contributed by atoms with van der Waals surface area (Å²) in [5.74, 6) is -0.739. The first-order valence-corrected chi connectivity index (χ1v) is 10.1. The minimum Gasteiger partial charge on any atom is -0.449 e. The van der Waals surface area contributed by atoms with Gasteiger partial charge in [0.2, 0.25) is 0 Å². The van der Waals surface area contributed by atoms with Crippen LogP contribution in [0.2, 0.25) is 0 Å². The number of aryl methyl sites for hydroxylation is 1. The monoisotopic (exact) mass is 388 g/mol. The van der Waals surface area contributed by atoms with E-state index in [1.807, 2.05) is 54.6 Å². The number of ether oxygens (including phenoxy) is 1. The van der Waals surface area contributed by atoms with Crippen molar-refractivity contribution in [1.29, 1.82) is 0 Å². The molecule has 0 radical (unpaired) electrons. The second-order valence-corrected chi connectivity index (χ2v) is 7.36. The molecule has 29 heavy (non-hydrogen) atoms. The molecule has 0 saturated carbocycles. The van der Waals surface area contributed by atoms with E-state index in [9.17, 15) is 9.59 Å². The van der Waals surface area contributed by atoms with E-state index in [1.165, 1.54) is 0 Å². The van der Waals surface area contributed by atoms with Crippen molar-refractivity contribution in [2.24, 2.45) is 0 Å².